The molecule has 0 amide bonds. The first kappa shape index (κ1) is 23.3. The molecule has 1 aromatic carbocycles. The van der Waals surface area contributed by atoms with Crippen LogP contribution in [0, 0.1) is 11.8 Å². The Morgan fingerprint density at radius 3 is 1.96 bits per heavy atom. The van der Waals surface area contributed by atoms with E-state index in [1.807, 2.05) is 0 Å². The first-order valence-corrected chi connectivity index (χ1v) is 12.8. The Morgan fingerprint density at radius 1 is 0.964 bits per heavy atom. The Bertz CT molecular complexity index is 824. The zero-order chi connectivity index (χ0) is 20.9. The first-order chi connectivity index (χ1) is 13.1. The molecule has 28 heavy (non-hydrogen) atoms. The maximum absolute atomic E-state index is 12.5. The number of rotatable bonds is 9. The largest absolute Gasteiger partial charge is 0.302 e. The summed E-state index contributed by atoms with van der Waals surface area (Å²) < 4.78 is 54.0. The Hall–Kier alpha value is -1.00. The van der Waals surface area contributed by atoms with Gasteiger partial charge in [0, 0.05) is 39.3 Å². The molecule has 9 heteroatoms. The van der Waals surface area contributed by atoms with Crippen molar-refractivity contribution in [2.24, 2.45) is 11.8 Å². The highest BCUT2D eigenvalue weighted by molar-refractivity contribution is 7.89. The maximum Gasteiger partial charge on any atom is 0.243 e. The van der Waals surface area contributed by atoms with E-state index in [1.165, 1.54) is 35.0 Å². The predicted molar refractivity (Wildman–Crippen MR) is 111 cm³/mol. The van der Waals surface area contributed by atoms with Crippen LogP contribution in [-0.2, 0) is 20.0 Å². The Balaban J connectivity index is 2.00. The number of benzene rings is 1. The molecule has 1 heterocycles. The molecule has 160 valence electrons. The SMILES string of the molecule is CCN(CC)S(=O)(=O)c1ccc(S(=O)(=O)NCCN2C[C@H](C)C[C@H](C)C2)cc1. The van der Waals surface area contributed by atoms with Crippen LogP contribution in [0.25, 0.3) is 0 Å². The molecule has 2 rings (SSSR count). The monoisotopic (exact) mass is 431 g/mol. The normalized spacial score (nSPS) is 21.9. The van der Waals surface area contributed by atoms with Gasteiger partial charge >= 0.3 is 0 Å². The van der Waals surface area contributed by atoms with Crippen LogP contribution in [0.15, 0.2) is 34.1 Å². The van der Waals surface area contributed by atoms with Crippen LogP contribution in [0.5, 0.6) is 0 Å². The van der Waals surface area contributed by atoms with E-state index < -0.39 is 20.0 Å². The lowest BCUT2D eigenvalue weighted by atomic mass is 9.92. The molecule has 0 aromatic heterocycles. The Labute approximate surface area is 170 Å². The summed E-state index contributed by atoms with van der Waals surface area (Å²) >= 11 is 0. The summed E-state index contributed by atoms with van der Waals surface area (Å²) in [6.07, 6.45) is 1.21. The topological polar surface area (TPSA) is 86.8 Å². The maximum atomic E-state index is 12.5. The minimum absolute atomic E-state index is 0.0753. The molecule has 1 fully saturated rings. The van der Waals surface area contributed by atoms with E-state index in [9.17, 15) is 16.8 Å². The molecule has 7 nitrogen and oxygen atoms in total. The average Bonchev–Trinajstić information content (AvgIpc) is 2.61. The van der Waals surface area contributed by atoms with Gasteiger partial charge in [0.05, 0.1) is 9.79 Å². The van der Waals surface area contributed by atoms with Crippen LogP contribution in [-0.4, -0.2) is 65.3 Å². The van der Waals surface area contributed by atoms with Crippen molar-refractivity contribution in [3.63, 3.8) is 0 Å². The lowest BCUT2D eigenvalue weighted by Gasteiger charge is -2.34. The van der Waals surface area contributed by atoms with Gasteiger partial charge in [0.15, 0.2) is 0 Å². The summed E-state index contributed by atoms with van der Waals surface area (Å²) in [6.45, 7) is 11.7. The van der Waals surface area contributed by atoms with E-state index in [-0.39, 0.29) is 9.79 Å². The van der Waals surface area contributed by atoms with Crippen LogP contribution < -0.4 is 4.72 Å². The van der Waals surface area contributed by atoms with Crippen molar-refractivity contribution in [1.29, 1.82) is 0 Å². The molecule has 0 spiro atoms. The molecule has 0 radical (unpaired) electrons. The molecule has 0 bridgehead atoms. The summed E-state index contributed by atoms with van der Waals surface area (Å²) in [7, 11) is -7.26. The van der Waals surface area contributed by atoms with Gasteiger partial charge < -0.3 is 4.90 Å². The molecule has 1 N–H and O–H groups in total. The number of nitrogens with one attached hydrogen (secondary N) is 1. The van der Waals surface area contributed by atoms with E-state index in [0.717, 1.165) is 13.1 Å². The summed E-state index contributed by atoms with van der Waals surface area (Å²) in [5.41, 5.74) is 0. The quantitative estimate of drug-likeness (QED) is 0.646. The van der Waals surface area contributed by atoms with Gasteiger partial charge in [0.2, 0.25) is 20.0 Å². The molecule has 1 aromatic rings. The van der Waals surface area contributed by atoms with Crippen molar-refractivity contribution >= 4 is 20.0 Å². The van der Waals surface area contributed by atoms with E-state index in [4.69, 9.17) is 0 Å². The second-order valence-electron chi connectivity index (χ2n) is 7.66. The van der Waals surface area contributed by atoms with Crippen molar-refractivity contribution in [3.05, 3.63) is 24.3 Å². The number of likely N-dealkylation sites (tertiary alicyclic amines) is 1. The average molecular weight is 432 g/mol. The number of sulfonamides is 2. The molecule has 1 aliphatic rings. The van der Waals surface area contributed by atoms with Crippen LogP contribution in [0.3, 0.4) is 0 Å². The van der Waals surface area contributed by atoms with Crippen LogP contribution in [0.1, 0.15) is 34.1 Å². The zero-order valence-corrected chi connectivity index (χ0v) is 18.9. The highest BCUT2D eigenvalue weighted by atomic mass is 32.2. The third kappa shape index (κ3) is 5.76. The first-order valence-electron chi connectivity index (χ1n) is 9.92. The minimum atomic E-state index is -3.67. The molecule has 1 saturated heterocycles. The second kappa shape index (κ2) is 9.67. The fourth-order valence-electron chi connectivity index (χ4n) is 3.90. The third-order valence-corrected chi connectivity index (χ3v) is 8.68. The lowest BCUT2D eigenvalue weighted by Crippen LogP contribution is -2.42. The number of piperidine rings is 1. The van der Waals surface area contributed by atoms with Crippen LogP contribution in [0.4, 0.5) is 0 Å². The van der Waals surface area contributed by atoms with Gasteiger partial charge in [-0.05, 0) is 42.5 Å². The fraction of sp³-hybridized carbons (Fsp3) is 0.684. The van der Waals surface area contributed by atoms with Gasteiger partial charge in [-0.15, -0.1) is 0 Å². The summed E-state index contributed by atoms with van der Waals surface area (Å²) in [6, 6.07) is 5.42. The van der Waals surface area contributed by atoms with Crippen molar-refractivity contribution in [2.45, 2.75) is 43.9 Å². The highest BCUT2D eigenvalue weighted by Gasteiger charge is 2.24. The molecule has 2 atom stereocenters. The van der Waals surface area contributed by atoms with Gasteiger partial charge in [-0.25, -0.2) is 21.6 Å². The Kier molecular flexibility index (Phi) is 8.04. The van der Waals surface area contributed by atoms with Gasteiger partial charge in [-0.3, -0.25) is 0 Å². The standard InChI is InChI=1S/C19H33N3O4S2/c1-5-22(6-2)28(25,26)19-9-7-18(8-10-19)27(23,24)20-11-12-21-14-16(3)13-17(4)15-21/h7-10,16-17,20H,5-6,11-15H2,1-4H3/t16-,17+. The minimum Gasteiger partial charge on any atom is -0.302 e. The zero-order valence-electron chi connectivity index (χ0n) is 17.3. The summed E-state index contributed by atoms with van der Waals surface area (Å²) in [4.78, 5) is 2.47. The van der Waals surface area contributed by atoms with E-state index in [1.54, 1.807) is 13.8 Å². The summed E-state index contributed by atoms with van der Waals surface area (Å²) in [5.74, 6) is 1.25. The van der Waals surface area contributed by atoms with E-state index in [0.29, 0.717) is 38.0 Å². The number of nitrogens with zero attached hydrogens (tertiary/aromatic N) is 2. The van der Waals surface area contributed by atoms with Gasteiger partial charge in [0.1, 0.15) is 0 Å². The molecule has 0 unspecified atom stereocenters. The van der Waals surface area contributed by atoms with E-state index >= 15 is 0 Å². The van der Waals surface area contributed by atoms with E-state index in [2.05, 4.69) is 23.5 Å². The number of hydrogen-bond donors (Lipinski definition) is 1. The smallest absolute Gasteiger partial charge is 0.243 e. The van der Waals surface area contributed by atoms with Crippen molar-refractivity contribution in [3.8, 4) is 0 Å². The van der Waals surface area contributed by atoms with Crippen molar-refractivity contribution < 1.29 is 16.8 Å². The molecule has 0 saturated carbocycles. The molecule has 0 aliphatic carbocycles. The molecular weight excluding hydrogens is 398 g/mol. The van der Waals surface area contributed by atoms with Crippen LogP contribution in [0.2, 0.25) is 0 Å². The summed E-state index contributed by atoms with van der Waals surface area (Å²) in [5, 5.41) is 0. The predicted octanol–water partition coefficient (Wildman–Crippen LogP) is 1.97. The third-order valence-electron chi connectivity index (χ3n) is 5.14. The van der Waals surface area contributed by atoms with Gasteiger partial charge in [-0.2, -0.15) is 4.31 Å². The van der Waals surface area contributed by atoms with Crippen LogP contribution >= 0.6 is 0 Å². The van der Waals surface area contributed by atoms with Gasteiger partial charge in [0.25, 0.3) is 0 Å². The molecular formula is C19H33N3O4S2. The van der Waals surface area contributed by atoms with Crippen molar-refractivity contribution in [2.75, 3.05) is 39.3 Å². The second-order valence-corrected chi connectivity index (χ2v) is 11.4. The highest BCUT2D eigenvalue weighted by Crippen LogP contribution is 2.21. The Morgan fingerprint density at radius 2 is 1.46 bits per heavy atom. The lowest BCUT2D eigenvalue weighted by molar-refractivity contribution is 0.143. The van der Waals surface area contributed by atoms with Gasteiger partial charge in [-0.1, -0.05) is 27.7 Å². The van der Waals surface area contributed by atoms with Crippen molar-refractivity contribution in [1.82, 2.24) is 13.9 Å². The number of hydrogen-bond acceptors (Lipinski definition) is 5. The molecule has 1 aliphatic heterocycles. The fourth-order valence-corrected chi connectivity index (χ4v) is 6.38.